The summed E-state index contributed by atoms with van der Waals surface area (Å²) in [7, 11) is 0. The molecule has 2 aliphatic rings. The summed E-state index contributed by atoms with van der Waals surface area (Å²) in [5.74, 6) is 0.213. The molecule has 4 nitrogen and oxygen atoms in total. The number of aliphatic hydroxyl groups is 1. The SMILES string of the molecule is Cc1ccc(N2CCC(N3CCC(O)CC3)C2=O)cc1. The van der Waals surface area contributed by atoms with Crippen LogP contribution in [0.5, 0.6) is 0 Å². The standard InChI is InChI=1S/C16H22N2O2/c1-12-2-4-13(5-3-12)18-11-8-15(16(18)20)17-9-6-14(19)7-10-17/h2-5,14-15,19H,6-11H2,1H3. The minimum Gasteiger partial charge on any atom is -0.393 e. The van der Waals surface area contributed by atoms with Crippen LogP contribution in [0.15, 0.2) is 24.3 Å². The van der Waals surface area contributed by atoms with Crippen molar-refractivity contribution in [1.29, 1.82) is 0 Å². The largest absolute Gasteiger partial charge is 0.393 e. The molecule has 0 spiro atoms. The lowest BCUT2D eigenvalue weighted by atomic mass is 10.1. The Hall–Kier alpha value is -1.39. The highest BCUT2D eigenvalue weighted by Gasteiger charge is 2.37. The summed E-state index contributed by atoms with van der Waals surface area (Å²) in [4.78, 5) is 16.7. The second kappa shape index (κ2) is 5.54. The number of hydrogen-bond donors (Lipinski definition) is 1. The first-order valence-corrected chi connectivity index (χ1v) is 7.45. The van der Waals surface area contributed by atoms with E-state index in [1.165, 1.54) is 5.56 Å². The van der Waals surface area contributed by atoms with Gasteiger partial charge in [-0.2, -0.15) is 0 Å². The van der Waals surface area contributed by atoms with E-state index < -0.39 is 0 Å². The van der Waals surface area contributed by atoms with E-state index in [1.807, 2.05) is 29.2 Å². The summed E-state index contributed by atoms with van der Waals surface area (Å²) in [6.07, 6.45) is 2.28. The lowest BCUT2D eigenvalue weighted by Crippen LogP contribution is -2.46. The number of rotatable bonds is 2. The van der Waals surface area contributed by atoms with Crippen molar-refractivity contribution in [3.63, 3.8) is 0 Å². The van der Waals surface area contributed by atoms with Gasteiger partial charge in [0.05, 0.1) is 12.1 Å². The van der Waals surface area contributed by atoms with Crippen LogP contribution in [0.2, 0.25) is 0 Å². The Morgan fingerprint density at radius 3 is 2.35 bits per heavy atom. The Bertz CT molecular complexity index is 478. The number of piperidine rings is 1. The molecule has 0 aromatic heterocycles. The highest BCUT2D eigenvalue weighted by Crippen LogP contribution is 2.26. The van der Waals surface area contributed by atoms with E-state index in [9.17, 15) is 9.90 Å². The smallest absolute Gasteiger partial charge is 0.244 e. The number of nitrogens with zero attached hydrogens (tertiary/aromatic N) is 2. The second-order valence-electron chi connectivity index (χ2n) is 5.90. The number of carbonyl (C=O) groups excluding carboxylic acids is 1. The van der Waals surface area contributed by atoms with E-state index in [-0.39, 0.29) is 18.1 Å². The van der Waals surface area contributed by atoms with E-state index >= 15 is 0 Å². The molecule has 3 rings (SSSR count). The third-order valence-corrected chi connectivity index (χ3v) is 4.46. The molecule has 1 N–H and O–H groups in total. The number of aliphatic hydroxyl groups excluding tert-OH is 1. The Balaban J connectivity index is 1.69. The topological polar surface area (TPSA) is 43.8 Å². The van der Waals surface area contributed by atoms with E-state index in [2.05, 4.69) is 11.8 Å². The monoisotopic (exact) mass is 274 g/mol. The third kappa shape index (κ3) is 2.58. The van der Waals surface area contributed by atoms with Crippen LogP contribution in [0.25, 0.3) is 0 Å². The molecule has 1 unspecified atom stereocenters. The van der Waals surface area contributed by atoms with Crippen molar-refractivity contribution in [2.45, 2.75) is 38.3 Å². The first-order chi connectivity index (χ1) is 9.65. The molecule has 2 saturated heterocycles. The molecular formula is C16H22N2O2. The number of carbonyl (C=O) groups is 1. The molecule has 108 valence electrons. The lowest BCUT2D eigenvalue weighted by molar-refractivity contribution is -0.122. The summed E-state index contributed by atoms with van der Waals surface area (Å²) in [6.45, 7) is 4.52. The number of anilines is 1. The van der Waals surface area contributed by atoms with Crippen molar-refractivity contribution in [1.82, 2.24) is 4.90 Å². The van der Waals surface area contributed by atoms with Crippen molar-refractivity contribution in [2.24, 2.45) is 0 Å². The van der Waals surface area contributed by atoms with Crippen LogP contribution in [0.3, 0.4) is 0 Å². The molecule has 2 aliphatic heterocycles. The summed E-state index contributed by atoms with van der Waals surface area (Å²) in [5.41, 5.74) is 2.21. The summed E-state index contributed by atoms with van der Waals surface area (Å²) < 4.78 is 0. The maximum absolute atomic E-state index is 12.6. The van der Waals surface area contributed by atoms with Gasteiger partial charge in [0.1, 0.15) is 0 Å². The summed E-state index contributed by atoms with van der Waals surface area (Å²) >= 11 is 0. The van der Waals surface area contributed by atoms with Crippen LogP contribution in [0.1, 0.15) is 24.8 Å². The molecule has 1 amide bonds. The predicted molar refractivity (Wildman–Crippen MR) is 78.8 cm³/mol. The number of amides is 1. The van der Waals surface area contributed by atoms with Crippen LogP contribution >= 0.6 is 0 Å². The molecule has 2 fully saturated rings. The van der Waals surface area contributed by atoms with Crippen molar-refractivity contribution < 1.29 is 9.90 Å². The maximum atomic E-state index is 12.6. The quantitative estimate of drug-likeness (QED) is 0.890. The van der Waals surface area contributed by atoms with E-state index in [4.69, 9.17) is 0 Å². The molecular weight excluding hydrogens is 252 g/mol. The van der Waals surface area contributed by atoms with Crippen LogP contribution in [0.4, 0.5) is 5.69 Å². The first kappa shape index (κ1) is 13.6. The highest BCUT2D eigenvalue weighted by molar-refractivity contribution is 5.99. The molecule has 2 heterocycles. The van der Waals surface area contributed by atoms with E-state index in [1.54, 1.807) is 0 Å². The normalized spacial score (nSPS) is 25.4. The van der Waals surface area contributed by atoms with Gasteiger partial charge in [0, 0.05) is 25.3 Å². The Kier molecular flexibility index (Phi) is 3.76. The van der Waals surface area contributed by atoms with Crippen LogP contribution in [-0.2, 0) is 4.79 Å². The second-order valence-corrected chi connectivity index (χ2v) is 5.90. The zero-order valence-electron chi connectivity index (χ0n) is 12.0. The molecule has 4 heteroatoms. The van der Waals surface area contributed by atoms with Gasteiger partial charge in [-0.3, -0.25) is 9.69 Å². The van der Waals surface area contributed by atoms with Crippen molar-refractivity contribution in [2.75, 3.05) is 24.5 Å². The number of likely N-dealkylation sites (tertiary alicyclic amines) is 1. The van der Waals surface area contributed by atoms with Gasteiger partial charge in [-0.25, -0.2) is 0 Å². The van der Waals surface area contributed by atoms with Gasteiger partial charge in [0.2, 0.25) is 5.91 Å². The summed E-state index contributed by atoms with van der Waals surface area (Å²) in [5, 5.41) is 9.57. The highest BCUT2D eigenvalue weighted by atomic mass is 16.3. The Morgan fingerprint density at radius 2 is 1.70 bits per heavy atom. The number of aryl methyl sites for hydroxylation is 1. The van der Waals surface area contributed by atoms with Gasteiger partial charge in [0.15, 0.2) is 0 Å². The fourth-order valence-electron chi connectivity index (χ4n) is 3.18. The molecule has 0 saturated carbocycles. The van der Waals surface area contributed by atoms with Gasteiger partial charge >= 0.3 is 0 Å². The summed E-state index contributed by atoms with van der Waals surface area (Å²) in [6, 6.07) is 8.15. The fourth-order valence-corrected chi connectivity index (χ4v) is 3.18. The molecule has 1 aromatic carbocycles. The molecule has 0 bridgehead atoms. The van der Waals surface area contributed by atoms with Crippen LogP contribution < -0.4 is 4.90 Å². The minimum atomic E-state index is -0.184. The van der Waals surface area contributed by atoms with Gasteiger partial charge in [-0.05, 0) is 38.3 Å². The van der Waals surface area contributed by atoms with Crippen molar-refractivity contribution in [3.8, 4) is 0 Å². The third-order valence-electron chi connectivity index (χ3n) is 4.46. The van der Waals surface area contributed by atoms with Crippen molar-refractivity contribution >= 4 is 11.6 Å². The molecule has 1 atom stereocenters. The zero-order chi connectivity index (χ0) is 14.1. The van der Waals surface area contributed by atoms with Crippen LogP contribution in [-0.4, -0.2) is 47.7 Å². The average Bonchev–Trinajstić information content (AvgIpc) is 2.83. The van der Waals surface area contributed by atoms with Gasteiger partial charge in [0.25, 0.3) is 0 Å². The predicted octanol–water partition coefficient (Wildman–Crippen LogP) is 1.56. The number of benzene rings is 1. The van der Waals surface area contributed by atoms with Crippen molar-refractivity contribution in [3.05, 3.63) is 29.8 Å². The van der Waals surface area contributed by atoms with Gasteiger partial charge in [-0.15, -0.1) is 0 Å². The Morgan fingerprint density at radius 1 is 1.05 bits per heavy atom. The fraction of sp³-hybridized carbons (Fsp3) is 0.562. The zero-order valence-corrected chi connectivity index (χ0v) is 12.0. The first-order valence-electron chi connectivity index (χ1n) is 7.45. The average molecular weight is 274 g/mol. The molecule has 0 radical (unpaired) electrons. The Labute approximate surface area is 120 Å². The minimum absolute atomic E-state index is 0.00352. The molecule has 20 heavy (non-hydrogen) atoms. The molecule has 0 aliphatic carbocycles. The van der Waals surface area contributed by atoms with E-state index in [0.717, 1.165) is 44.6 Å². The maximum Gasteiger partial charge on any atom is 0.244 e. The lowest BCUT2D eigenvalue weighted by Gasteiger charge is -2.33. The van der Waals surface area contributed by atoms with Gasteiger partial charge < -0.3 is 10.0 Å². The van der Waals surface area contributed by atoms with E-state index in [0.29, 0.717) is 0 Å². The molecule has 1 aromatic rings. The van der Waals surface area contributed by atoms with Crippen LogP contribution in [0, 0.1) is 6.92 Å². The number of hydrogen-bond acceptors (Lipinski definition) is 3. The van der Waals surface area contributed by atoms with Gasteiger partial charge in [-0.1, -0.05) is 17.7 Å².